The Morgan fingerprint density at radius 2 is 1.05 bits per heavy atom. The fourth-order valence-corrected chi connectivity index (χ4v) is 9.65. The Hall–Kier alpha value is -7.04. The Balaban J connectivity index is 1.09. The van der Waals surface area contributed by atoms with Crippen LogP contribution in [0.3, 0.4) is 0 Å². The summed E-state index contributed by atoms with van der Waals surface area (Å²) >= 11 is 0. The lowest BCUT2D eigenvalue weighted by Gasteiger charge is -2.23. The Morgan fingerprint density at radius 1 is 0.436 bits per heavy atom. The molecule has 0 saturated carbocycles. The Kier molecular flexibility index (Phi) is 6.09. The highest BCUT2D eigenvalue weighted by molar-refractivity contribution is 6.13. The lowest BCUT2D eigenvalue weighted by atomic mass is 9.80. The number of benzene rings is 8. The van der Waals surface area contributed by atoms with E-state index in [9.17, 15) is 0 Å². The van der Waals surface area contributed by atoms with Crippen molar-refractivity contribution in [2.75, 3.05) is 0 Å². The summed E-state index contributed by atoms with van der Waals surface area (Å²) in [6, 6.07) is 61.5. The molecule has 258 valence electrons. The van der Waals surface area contributed by atoms with Crippen molar-refractivity contribution in [1.82, 2.24) is 19.1 Å². The third-order valence-electron chi connectivity index (χ3n) is 12.1. The second-order valence-electron chi connectivity index (χ2n) is 15.4. The molecule has 4 nitrogen and oxygen atoms in total. The van der Waals surface area contributed by atoms with Gasteiger partial charge in [0.15, 0.2) is 0 Å². The number of para-hydroxylation sites is 4. The zero-order valence-corrected chi connectivity index (χ0v) is 30.5. The van der Waals surface area contributed by atoms with Crippen molar-refractivity contribution in [2.45, 2.75) is 19.3 Å². The van der Waals surface area contributed by atoms with Crippen LogP contribution in [0.4, 0.5) is 0 Å². The fraction of sp³-hybridized carbons (Fsp3) is 0.0588. The maximum atomic E-state index is 5.42. The molecular formula is C51H34N4. The number of nitrogens with zero attached hydrogens (tertiary/aromatic N) is 4. The van der Waals surface area contributed by atoms with Gasteiger partial charge in [-0.05, 0) is 81.6 Å². The van der Waals surface area contributed by atoms with E-state index in [1.807, 2.05) is 0 Å². The quantitative estimate of drug-likeness (QED) is 0.184. The molecule has 0 atom stereocenters. The van der Waals surface area contributed by atoms with E-state index < -0.39 is 0 Å². The molecule has 11 aromatic rings. The normalized spacial score (nSPS) is 13.4. The van der Waals surface area contributed by atoms with Gasteiger partial charge < -0.3 is 4.57 Å². The minimum absolute atomic E-state index is 0.161. The predicted molar refractivity (Wildman–Crippen MR) is 229 cm³/mol. The van der Waals surface area contributed by atoms with Crippen LogP contribution in [0.15, 0.2) is 170 Å². The molecule has 12 rings (SSSR count). The van der Waals surface area contributed by atoms with Crippen LogP contribution in [0.2, 0.25) is 0 Å². The van der Waals surface area contributed by atoms with Crippen LogP contribution in [-0.4, -0.2) is 19.1 Å². The molecular weight excluding hydrogens is 669 g/mol. The van der Waals surface area contributed by atoms with Gasteiger partial charge >= 0.3 is 0 Å². The zero-order chi connectivity index (χ0) is 36.4. The highest BCUT2D eigenvalue weighted by Crippen LogP contribution is 2.53. The Morgan fingerprint density at radius 3 is 1.80 bits per heavy atom. The Labute approximate surface area is 317 Å². The smallest absolute Gasteiger partial charge is 0.235 e. The van der Waals surface area contributed by atoms with E-state index in [1.54, 1.807) is 0 Å². The average molecular weight is 703 g/mol. The van der Waals surface area contributed by atoms with Crippen molar-refractivity contribution < 1.29 is 0 Å². The van der Waals surface area contributed by atoms with E-state index in [0.717, 1.165) is 38.9 Å². The molecule has 0 spiro atoms. The van der Waals surface area contributed by atoms with Gasteiger partial charge in [-0.1, -0.05) is 135 Å². The standard InChI is InChI=1S/C51H34N4/c1-51(2)42-30-47-41(29-40(42)38-27-26-31-14-3-4-17-34(31)48(38)51)37-20-8-10-23-44(37)54(47)33-16-13-15-32(28-33)49-39-21-5-9-22-43(39)52-50(53-49)55-45-24-11-6-18-35(45)36-19-7-12-25-46(36)55/h3-30H,1-2H3. The molecule has 0 unspecified atom stereocenters. The summed E-state index contributed by atoms with van der Waals surface area (Å²) in [5.41, 5.74) is 13.8. The summed E-state index contributed by atoms with van der Waals surface area (Å²) in [5, 5.41) is 8.54. The second-order valence-corrected chi connectivity index (χ2v) is 15.4. The molecule has 0 bridgehead atoms. The highest BCUT2D eigenvalue weighted by atomic mass is 15.2. The SMILES string of the molecule is CC1(C)c2cc3c(cc2-c2ccc4ccccc4c21)c1ccccc1n3-c1cccc(-c2nc(-n3c4ccccc4c4ccccc43)nc3ccccc23)c1. The summed E-state index contributed by atoms with van der Waals surface area (Å²) in [4.78, 5) is 10.6. The van der Waals surface area contributed by atoms with Crippen LogP contribution >= 0.6 is 0 Å². The van der Waals surface area contributed by atoms with Crippen molar-refractivity contribution in [3.05, 3.63) is 181 Å². The molecule has 0 radical (unpaired) electrons. The lowest BCUT2D eigenvalue weighted by Crippen LogP contribution is -2.15. The number of aromatic nitrogens is 4. The van der Waals surface area contributed by atoms with Gasteiger partial charge in [-0.15, -0.1) is 0 Å². The molecule has 1 aliphatic carbocycles. The van der Waals surface area contributed by atoms with Crippen molar-refractivity contribution in [2.24, 2.45) is 0 Å². The second kappa shape index (κ2) is 11.0. The first-order valence-electron chi connectivity index (χ1n) is 19.0. The van der Waals surface area contributed by atoms with E-state index in [4.69, 9.17) is 9.97 Å². The summed E-state index contributed by atoms with van der Waals surface area (Å²) < 4.78 is 4.66. The minimum Gasteiger partial charge on any atom is -0.309 e. The number of hydrogen-bond acceptors (Lipinski definition) is 2. The maximum absolute atomic E-state index is 5.42. The zero-order valence-electron chi connectivity index (χ0n) is 30.5. The molecule has 1 aliphatic rings. The van der Waals surface area contributed by atoms with Crippen LogP contribution in [0.1, 0.15) is 25.0 Å². The molecule has 3 aromatic heterocycles. The predicted octanol–water partition coefficient (Wildman–Crippen LogP) is 13.0. The molecule has 3 heterocycles. The molecule has 4 heteroatoms. The number of hydrogen-bond donors (Lipinski definition) is 0. The van der Waals surface area contributed by atoms with Gasteiger partial charge in [0.2, 0.25) is 5.95 Å². The molecule has 8 aromatic carbocycles. The fourth-order valence-electron chi connectivity index (χ4n) is 9.65. The minimum atomic E-state index is -0.161. The first-order chi connectivity index (χ1) is 27.0. The third-order valence-corrected chi connectivity index (χ3v) is 12.1. The molecule has 0 amide bonds. The van der Waals surface area contributed by atoms with Gasteiger partial charge in [-0.25, -0.2) is 9.97 Å². The molecule has 55 heavy (non-hydrogen) atoms. The van der Waals surface area contributed by atoms with Crippen LogP contribution < -0.4 is 0 Å². The maximum Gasteiger partial charge on any atom is 0.235 e. The van der Waals surface area contributed by atoms with E-state index in [1.165, 1.54) is 65.6 Å². The van der Waals surface area contributed by atoms with Gasteiger partial charge in [-0.3, -0.25) is 4.57 Å². The number of rotatable bonds is 3. The Bertz CT molecular complexity index is 3360. The van der Waals surface area contributed by atoms with Crippen molar-refractivity contribution >= 4 is 65.3 Å². The summed E-state index contributed by atoms with van der Waals surface area (Å²) in [6.07, 6.45) is 0. The topological polar surface area (TPSA) is 35.6 Å². The van der Waals surface area contributed by atoms with Gasteiger partial charge in [0.05, 0.1) is 33.3 Å². The molecule has 0 saturated heterocycles. The van der Waals surface area contributed by atoms with E-state index >= 15 is 0 Å². The molecule has 0 aliphatic heterocycles. The summed E-state index contributed by atoms with van der Waals surface area (Å²) in [7, 11) is 0. The van der Waals surface area contributed by atoms with Crippen molar-refractivity contribution in [3.63, 3.8) is 0 Å². The molecule has 0 N–H and O–H groups in total. The van der Waals surface area contributed by atoms with Gasteiger partial charge in [0, 0.05) is 43.6 Å². The van der Waals surface area contributed by atoms with E-state index in [0.29, 0.717) is 5.95 Å². The lowest BCUT2D eigenvalue weighted by molar-refractivity contribution is 0.667. The average Bonchev–Trinajstić information content (AvgIpc) is 3.82. The first-order valence-corrected chi connectivity index (χ1v) is 19.0. The summed E-state index contributed by atoms with van der Waals surface area (Å²) in [6.45, 7) is 4.77. The summed E-state index contributed by atoms with van der Waals surface area (Å²) in [5.74, 6) is 0.665. The van der Waals surface area contributed by atoms with Gasteiger partial charge in [0.25, 0.3) is 0 Å². The van der Waals surface area contributed by atoms with E-state index in [2.05, 4.69) is 193 Å². The van der Waals surface area contributed by atoms with Crippen LogP contribution in [-0.2, 0) is 5.41 Å². The number of fused-ring (bicyclic) bond motifs is 12. The van der Waals surface area contributed by atoms with Crippen molar-refractivity contribution in [3.8, 4) is 34.0 Å². The van der Waals surface area contributed by atoms with Crippen LogP contribution in [0, 0.1) is 0 Å². The van der Waals surface area contributed by atoms with E-state index in [-0.39, 0.29) is 5.41 Å². The van der Waals surface area contributed by atoms with Gasteiger partial charge in [-0.2, -0.15) is 0 Å². The monoisotopic (exact) mass is 702 g/mol. The first kappa shape index (κ1) is 30.4. The highest BCUT2D eigenvalue weighted by Gasteiger charge is 2.37. The largest absolute Gasteiger partial charge is 0.309 e. The van der Waals surface area contributed by atoms with Gasteiger partial charge in [0.1, 0.15) is 0 Å². The van der Waals surface area contributed by atoms with Crippen molar-refractivity contribution in [1.29, 1.82) is 0 Å². The van der Waals surface area contributed by atoms with Crippen LogP contribution in [0.5, 0.6) is 0 Å². The molecule has 0 fully saturated rings. The van der Waals surface area contributed by atoms with Crippen LogP contribution in [0.25, 0.3) is 99.3 Å². The third kappa shape index (κ3) is 4.17.